The van der Waals surface area contributed by atoms with E-state index in [0.29, 0.717) is 0 Å². The van der Waals surface area contributed by atoms with Crippen molar-refractivity contribution in [2.75, 3.05) is 0 Å². The first-order valence-electron chi connectivity index (χ1n) is 0. The fraction of sp³-hybridized carbons (Fsp3) is 0. The summed E-state index contributed by atoms with van der Waals surface area (Å²) >= 11 is 0. The van der Waals surface area contributed by atoms with Crippen LogP contribution < -0.4 is 0 Å². The van der Waals surface area contributed by atoms with E-state index in [1.807, 2.05) is 0 Å². The molecule has 0 aliphatic carbocycles. The third-order valence-electron chi connectivity index (χ3n) is 0. The summed E-state index contributed by atoms with van der Waals surface area (Å²) in [6.07, 6.45) is 0. The average Bonchev–Trinajstić information content (AvgIpc) is 0. The van der Waals surface area contributed by atoms with E-state index in [1.54, 1.807) is 0 Å². The van der Waals surface area contributed by atoms with Crippen LogP contribution in [0.5, 0.6) is 0 Å². The molecule has 0 spiro atoms. The average molecular weight is 170 g/mol. The number of hydrogen-bond donors (Lipinski definition) is 0. The van der Waals surface area contributed by atoms with E-state index in [-0.39, 0.29) is 49.7 Å². The van der Waals surface area contributed by atoms with Crippen LogP contribution in [0.15, 0.2) is 0 Å². The smallest absolute Gasteiger partial charge is 0.870 e. The first kappa shape index (κ1) is 181. The predicted octanol–water partition coefficient (Wildman–Crippen LogP) is -1.18. The van der Waals surface area contributed by atoms with Crippen LogP contribution in [0, 0.1) is 0 Å². The molecule has 0 unspecified atom stereocenters. The number of hydrogen-bond acceptors (Lipinski definition) is 2. The second-order valence-corrected chi connectivity index (χ2v) is 0. The minimum Gasteiger partial charge on any atom is -0.870 e. The molecule has 0 aromatic heterocycles. The summed E-state index contributed by atoms with van der Waals surface area (Å²) in [6.45, 7) is 0. The second-order valence-electron chi connectivity index (χ2n) is 0. The SMILES string of the molecule is O.[Co+2].[Ni].[OH-].[OH-]. The van der Waals surface area contributed by atoms with Crippen LogP contribution in [-0.4, -0.2) is 16.4 Å². The summed E-state index contributed by atoms with van der Waals surface area (Å²) in [5.41, 5.74) is 0. The molecule has 4 N–H and O–H groups in total. The van der Waals surface area contributed by atoms with Gasteiger partial charge in [0.1, 0.15) is 0 Å². The maximum absolute atomic E-state index is 0. The molecule has 0 heterocycles. The minimum atomic E-state index is 0. The van der Waals surface area contributed by atoms with Gasteiger partial charge < -0.3 is 16.4 Å². The maximum atomic E-state index is 0. The molecule has 0 saturated carbocycles. The molecule has 0 aliphatic rings. The molecule has 41 valence electrons. The molecule has 0 amide bonds. The first-order chi connectivity index (χ1) is 0. The number of rotatable bonds is 0. The Balaban J connectivity index is 0. The molecule has 5 heteroatoms. The Bertz CT molecular complexity index is 6.85. The van der Waals surface area contributed by atoms with Gasteiger partial charge in [0.15, 0.2) is 0 Å². The van der Waals surface area contributed by atoms with Crippen molar-refractivity contribution in [2.45, 2.75) is 0 Å². The van der Waals surface area contributed by atoms with Crippen molar-refractivity contribution in [3.63, 3.8) is 0 Å². The van der Waals surface area contributed by atoms with E-state index < -0.39 is 0 Å². The first-order valence-corrected chi connectivity index (χ1v) is 0. The molecule has 0 bridgehead atoms. The van der Waals surface area contributed by atoms with E-state index in [1.165, 1.54) is 0 Å². The van der Waals surface area contributed by atoms with Gasteiger partial charge in [-0.05, 0) is 0 Å². The van der Waals surface area contributed by atoms with Gasteiger partial charge in [0.2, 0.25) is 0 Å². The Kier molecular flexibility index (Phi) is 3430. The van der Waals surface area contributed by atoms with E-state index in [4.69, 9.17) is 0 Å². The zero-order chi connectivity index (χ0) is 0. The van der Waals surface area contributed by atoms with Gasteiger partial charge in [-0.3, -0.25) is 0 Å². The molecular formula is H4CoNiO3. The van der Waals surface area contributed by atoms with Crippen LogP contribution in [0.1, 0.15) is 0 Å². The Hall–Kier alpha value is 0.880. The van der Waals surface area contributed by atoms with Crippen LogP contribution in [0.3, 0.4) is 0 Å². The van der Waals surface area contributed by atoms with Gasteiger partial charge in [0.05, 0.1) is 0 Å². The van der Waals surface area contributed by atoms with E-state index in [0.717, 1.165) is 0 Å². The quantitative estimate of drug-likeness (QED) is 0.427. The predicted molar refractivity (Wildman–Crippen MR) is 7.49 cm³/mol. The van der Waals surface area contributed by atoms with Gasteiger partial charge in [0, 0.05) is 16.5 Å². The summed E-state index contributed by atoms with van der Waals surface area (Å²) in [5.74, 6) is 0. The standard InChI is InChI=1S/Co.Ni.3H2O/h;;3*1H2/q+2;;;;/p-2. The zero-order valence-corrected chi connectivity index (χ0v) is 4.07. The third-order valence-corrected chi connectivity index (χ3v) is 0. The van der Waals surface area contributed by atoms with E-state index >= 15 is 0 Å². The molecule has 0 aromatic carbocycles. The molecule has 0 aromatic rings. The van der Waals surface area contributed by atoms with Crippen LogP contribution >= 0.6 is 0 Å². The Morgan fingerprint density at radius 2 is 0.800 bits per heavy atom. The Labute approximate surface area is 50.2 Å². The van der Waals surface area contributed by atoms with Crippen LogP contribution in [0.4, 0.5) is 0 Å². The fourth-order valence-corrected chi connectivity index (χ4v) is 0. The van der Waals surface area contributed by atoms with Gasteiger partial charge in [0.25, 0.3) is 0 Å². The van der Waals surface area contributed by atoms with Gasteiger partial charge in [-0.15, -0.1) is 0 Å². The molecule has 0 saturated heterocycles. The van der Waals surface area contributed by atoms with Crippen molar-refractivity contribution >= 4 is 0 Å². The third kappa shape index (κ3) is 52.3. The molecule has 5 heavy (non-hydrogen) atoms. The molecule has 0 rings (SSSR count). The molecule has 0 aliphatic heterocycles. The Morgan fingerprint density at radius 1 is 0.800 bits per heavy atom. The van der Waals surface area contributed by atoms with Crippen molar-refractivity contribution < 1.29 is 49.7 Å². The van der Waals surface area contributed by atoms with Crippen molar-refractivity contribution in [3.05, 3.63) is 0 Å². The summed E-state index contributed by atoms with van der Waals surface area (Å²) in [4.78, 5) is 0. The largest absolute Gasteiger partial charge is 2.00 e. The summed E-state index contributed by atoms with van der Waals surface area (Å²) in [5, 5.41) is 0. The minimum absolute atomic E-state index is 0. The Morgan fingerprint density at radius 3 is 0.800 bits per heavy atom. The summed E-state index contributed by atoms with van der Waals surface area (Å²) < 4.78 is 0. The normalized spacial score (nSPS) is 0. The fourth-order valence-electron chi connectivity index (χ4n) is 0. The van der Waals surface area contributed by atoms with E-state index in [2.05, 4.69) is 0 Å². The van der Waals surface area contributed by atoms with Crippen molar-refractivity contribution in [1.29, 1.82) is 0 Å². The maximum Gasteiger partial charge on any atom is 2.00 e. The second kappa shape index (κ2) is 94.9. The van der Waals surface area contributed by atoms with Crippen LogP contribution in [0.25, 0.3) is 0 Å². The van der Waals surface area contributed by atoms with Gasteiger partial charge in [-0.1, -0.05) is 0 Å². The zero-order valence-electron chi connectivity index (χ0n) is 2.04. The molecule has 0 atom stereocenters. The monoisotopic (exact) mass is 169 g/mol. The van der Waals surface area contributed by atoms with Crippen molar-refractivity contribution in [3.8, 4) is 0 Å². The molecule has 1 radical (unpaired) electrons. The topological polar surface area (TPSA) is 91.5 Å². The summed E-state index contributed by atoms with van der Waals surface area (Å²) in [7, 11) is 0. The van der Waals surface area contributed by atoms with Crippen molar-refractivity contribution in [2.24, 2.45) is 0 Å². The van der Waals surface area contributed by atoms with Gasteiger partial charge >= 0.3 is 16.8 Å². The van der Waals surface area contributed by atoms with Crippen LogP contribution in [0.2, 0.25) is 0 Å². The molecule has 3 nitrogen and oxygen atoms in total. The van der Waals surface area contributed by atoms with Gasteiger partial charge in [-0.2, -0.15) is 0 Å². The van der Waals surface area contributed by atoms with Crippen molar-refractivity contribution in [1.82, 2.24) is 0 Å². The van der Waals surface area contributed by atoms with E-state index in [9.17, 15) is 0 Å². The van der Waals surface area contributed by atoms with Gasteiger partial charge in [-0.25, -0.2) is 0 Å². The summed E-state index contributed by atoms with van der Waals surface area (Å²) in [6, 6.07) is 0. The van der Waals surface area contributed by atoms with Crippen LogP contribution in [-0.2, 0) is 33.3 Å². The molecule has 0 fully saturated rings. The molecular weight excluding hydrogens is 166 g/mol.